The predicted molar refractivity (Wildman–Crippen MR) is 123 cm³/mol. The molecule has 30 heavy (non-hydrogen) atoms. The number of nitrogens with one attached hydrogen (secondary N) is 2. The van der Waals surface area contributed by atoms with Crippen LogP contribution in [0.4, 0.5) is 0 Å². The maximum absolute atomic E-state index is 12.9. The Morgan fingerprint density at radius 2 is 1.83 bits per heavy atom. The third kappa shape index (κ3) is 6.42. The zero-order valence-corrected chi connectivity index (χ0v) is 18.0. The molecule has 2 N–H and O–H groups in total. The Kier molecular flexibility index (Phi) is 7.57. The third-order valence-electron chi connectivity index (χ3n) is 4.69. The molecular formula is C25H26N2O2S. The van der Waals surface area contributed by atoms with Crippen molar-refractivity contribution >= 4 is 29.2 Å². The molecule has 0 aliphatic rings. The average Bonchev–Trinajstić information content (AvgIpc) is 3.25. The van der Waals surface area contributed by atoms with Gasteiger partial charge < -0.3 is 10.6 Å². The molecule has 5 heteroatoms. The quantitative estimate of drug-likeness (QED) is 0.508. The van der Waals surface area contributed by atoms with Crippen LogP contribution in [0.1, 0.15) is 39.7 Å². The number of thiophene rings is 1. The smallest absolute Gasteiger partial charge is 0.268 e. The fourth-order valence-corrected chi connectivity index (χ4v) is 3.71. The Labute approximate surface area is 181 Å². The summed E-state index contributed by atoms with van der Waals surface area (Å²) in [6.45, 7) is 3.91. The van der Waals surface area contributed by atoms with Crippen molar-refractivity contribution in [3.8, 4) is 0 Å². The van der Waals surface area contributed by atoms with Crippen LogP contribution in [-0.4, -0.2) is 17.9 Å². The first kappa shape index (κ1) is 21.5. The van der Waals surface area contributed by atoms with E-state index in [0.717, 1.165) is 23.3 Å². The van der Waals surface area contributed by atoms with Crippen LogP contribution in [0.3, 0.4) is 0 Å². The van der Waals surface area contributed by atoms with Crippen LogP contribution in [0.5, 0.6) is 0 Å². The van der Waals surface area contributed by atoms with E-state index >= 15 is 0 Å². The maximum Gasteiger partial charge on any atom is 0.268 e. The van der Waals surface area contributed by atoms with Gasteiger partial charge in [-0.15, -0.1) is 11.3 Å². The highest BCUT2D eigenvalue weighted by atomic mass is 32.1. The van der Waals surface area contributed by atoms with Gasteiger partial charge in [0.2, 0.25) is 0 Å². The lowest BCUT2D eigenvalue weighted by Crippen LogP contribution is -2.39. The van der Waals surface area contributed by atoms with Crippen LogP contribution >= 0.6 is 11.3 Å². The lowest BCUT2D eigenvalue weighted by molar-refractivity contribution is -0.118. The maximum atomic E-state index is 12.9. The zero-order chi connectivity index (χ0) is 21.3. The van der Waals surface area contributed by atoms with Gasteiger partial charge in [-0.25, -0.2) is 0 Å². The van der Waals surface area contributed by atoms with Crippen molar-refractivity contribution < 1.29 is 9.59 Å². The van der Waals surface area contributed by atoms with Crippen LogP contribution in [0.25, 0.3) is 6.08 Å². The highest BCUT2D eigenvalue weighted by Gasteiger charge is 2.17. The molecule has 0 aliphatic carbocycles. The number of benzene rings is 2. The van der Waals surface area contributed by atoms with Gasteiger partial charge in [0.1, 0.15) is 5.70 Å². The van der Waals surface area contributed by atoms with E-state index in [-0.39, 0.29) is 23.6 Å². The number of hydrogen-bond acceptors (Lipinski definition) is 3. The molecule has 1 heterocycles. The lowest BCUT2D eigenvalue weighted by Gasteiger charge is -2.16. The molecule has 0 saturated heterocycles. The van der Waals surface area contributed by atoms with Gasteiger partial charge in [0, 0.05) is 16.5 Å². The van der Waals surface area contributed by atoms with Crippen LogP contribution in [0.15, 0.2) is 77.8 Å². The SMILES string of the molecule is Cc1cccc(C(=O)N/C(=C\c2cccs2)C(=O)N[C@@H](C)CCc2ccccc2)c1. The summed E-state index contributed by atoms with van der Waals surface area (Å²) in [4.78, 5) is 26.5. The molecule has 1 atom stereocenters. The average molecular weight is 419 g/mol. The van der Waals surface area contributed by atoms with E-state index in [4.69, 9.17) is 0 Å². The van der Waals surface area contributed by atoms with Gasteiger partial charge in [0.05, 0.1) is 0 Å². The fourth-order valence-electron chi connectivity index (χ4n) is 3.06. The molecule has 0 saturated carbocycles. The molecule has 3 rings (SSSR count). The summed E-state index contributed by atoms with van der Waals surface area (Å²) in [6, 6.07) is 21.3. The summed E-state index contributed by atoms with van der Waals surface area (Å²) in [6.07, 6.45) is 3.41. The standard InChI is InChI=1S/C25H26N2O2S/c1-18-8-6-11-21(16-18)24(28)27-23(17-22-12-7-15-30-22)25(29)26-19(2)13-14-20-9-4-3-5-10-20/h3-12,15-17,19H,13-14H2,1-2H3,(H,26,29)(H,27,28)/b23-17-/t19-/m0/s1. The topological polar surface area (TPSA) is 58.2 Å². The minimum Gasteiger partial charge on any atom is -0.348 e. The van der Waals surface area contributed by atoms with Gasteiger partial charge in [-0.1, -0.05) is 54.1 Å². The molecule has 0 unspecified atom stereocenters. The van der Waals surface area contributed by atoms with E-state index in [9.17, 15) is 9.59 Å². The highest BCUT2D eigenvalue weighted by Crippen LogP contribution is 2.14. The van der Waals surface area contributed by atoms with Crippen molar-refractivity contribution in [2.24, 2.45) is 0 Å². The molecule has 2 amide bonds. The molecule has 3 aromatic rings. The second kappa shape index (κ2) is 10.6. The van der Waals surface area contributed by atoms with Gasteiger partial charge in [0.25, 0.3) is 11.8 Å². The molecular weight excluding hydrogens is 392 g/mol. The normalized spacial score (nSPS) is 12.3. The van der Waals surface area contributed by atoms with E-state index < -0.39 is 0 Å². The monoisotopic (exact) mass is 418 g/mol. The number of amides is 2. The number of carbonyl (C=O) groups excluding carboxylic acids is 2. The van der Waals surface area contributed by atoms with Gasteiger partial charge >= 0.3 is 0 Å². The van der Waals surface area contributed by atoms with E-state index in [1.54, 1.807) is 18.2 Å². The third-order valence-corrected chi connectivity index (χ3v) is 5.51. The van der Waals surface area contributed by atoms with Crippen LogP contribution in [0, 0.1) is 6.92 Å². The first-order valence-corrected chi connectivity index (χ1v) is 10.9. The molecule has 0 spiro atoms. The minimum atomic E-state index is -0.298. The van der Waals surface area contributed by atoms with Crippen molar-refractivity contribution in [3.05, 3.63) is 99.4 Å². The number of hydrogen-bond donors (Lipinski definition) is 2. The van der Waals surface area contributed by atoms with Crippen molar-refractivity contribution in [1.29, 1.82) is 0 Å². The summed E-state index contributed by atoms with van der Waals surface area (Å²) in [5.74, 6) is -0.585. The molecule has 0 fully saturated rings. The number of aryl methyl sites for hydroxylation is 2. The molecule has 154 valence electrons. The Morgan fingerprint density at radius 3 is 2.53 bits per heavy atom. The second-order valence-electron chi connectivity index (χ2n) is 7.30. The summed E-state index contributed by atoms with van der Waals surface area (Å²) >= 11 is 1.51. The molecule has 4 nitrogen and oxygen atoms in total. The van der Waals surface area contributed by atoms with Crippen molar-refractivity contribution in [2.45, 2.75) is 32.7 Å². The Morgan fingerprint density at radius 1 is 1.03 bits per heavy atom. The minimum absolute atomic E-state index is 0.0275. The van der Waals surface area contributed by atoms with Crippen LogP contribution in [0.2, 0.25) is 0 Å². The van der Waals surface area contributed by atoms with Crippen molar-refractivity contribution in [2.75, 3.05) is 0 Å². The van der Waals surface area contributed by atoms with Gasteiger partial charge in [-0.05, 0) is 61.9 Å². The van der Waals surface area contributed by atoms with E-state index in [0.29, 0.717) is 5.56 Å². The first-order chi connectivity index (χ1) is 14.5. The van der Waals surface area contributed by atoms with E-state index in [1.165, 1.54) is 16.9 Å². The van der Waals surface area contributed by atoms with Crippen LogP contribution in [-0.2, 0) is 11.2 Å². The van der Waals surface area contributed by atoms with Crippen molar-refractivity contribution in [1.82, 2.24) is 10.6 Å². The van der Waals surface area contributed by atoms with Gasteiger partial charge in [-0.2, -0.15) is 0 Å². The largest absolute Gasteiger partial charge is 0.348 e. The van der Waals surface area contributed by atoms with Gasteiger partial charge in [0.15, 0.2) is 0 Å². The molecule has 0 bridgehead atoms. The first-order valence-electron chi connectivity index (χ1n) is 9.99. The molecule has 1 aromatic heterocycles. The molecule has 2 aromatic carbocycles. The van der Waals surface area contributed by atoms with Gasteiger partial charge in [-0.3, -0.25) is 9.59 Å². The predicted octanol–water partition coefficient (Wildman–Crippen LogP) is 4.96. The van der Waals surface area contributed by atoms with Crippen LogP contribution < -0.4 is 10.6 Å². The van der Waals surface area contributed by atoms with Crippen molar-refractivity contribution in [3.63, 3.8) is 0 Å². The summed E-state index contributed by atoms with van der Waals surface area (Å²) in [7, 11) is 0. The lowest BCUT2D eigenvalue weighted by atomic mass is 10.1. The van der Waals surface area contributed by atoms with E-state index in [2.05, 4.69) is 22.8 Å². The molecule has 0 radical (unpaired) electrons. The molecule has 0 aliphatic heterocycles. The second-order valence-corrected chi connectivity index (χ2v) is 8.28. The number of rotatable bonds is 8. The Hall–Kier alpha value is -3.18. The fraction of sp³-hybridized carbons (Fsp3) is 0.200. The Balaban J connectivity index is 1.68. The zero-order valence-electron chi connectivity index (χ0n) is 17.2. The Bertz CT molecular complexity index is 1010. The van der Waals surface area contributed by atoms with E-state index in [1.807, 2.05) is 61.7 Å². The summed E-state index contributed by atoms with van der Waals surface area (Å²) in [5.41, 5.74) is 3.00. The highest BCUT2D eigenvalue weighted by molar-refractivity contribution is 7.10. The summed E-state index contributed by atoms with van der Waals surface area (Å²) in [5, 5.41) is 7.74. The summed E-state index contributed by atoms with van der Waals surface area (Å²) < 4.78 is 0. The number of carbonyl (C=O) groups is 2.